The lowest BCUT2D eigenvalue weighted by molar-refractivity contribution is 0.0940. The Balaban J connectivity index is 2.41. The Morgan fingerprint density at radius 2 is 2.35 bits per heavy atom. The number of hydrogen-bond acceptors (Lipinski definition) is 4. The Hall–Kier alpha value is -1.62. The minimum Gasteiger partial charge on any atom is -0.480 e. The summed E-state index contributed by atoms with van der Waals surface area (Å²) in [6.45, 7) is 3.88. The molecule has 0 saturated heterocycles. The van der Waals surface area contributed by atoms with E-state index < -0.39 is 0 Å². The first-order chi connectivity index (χ1) is 8.29. The summed E-state index contributed by atoms with van der Waals surface area (Å²) >= 11 is 0. The standard InChI is InChI=1S/C12H18N2O3/c1-3-17-9-5-8-13-11(15)10-6-4-7-14-12(10)16-2/h4,6-7H,3,5,8-9H2,1-2H3,(H,13,15). The lowest BCUT2D eigenvalue weighted by atomic mass is 10.2. The molecule has 1 aromatic rings. The molecule has 0 aliphatic heterocycles. The number of hydrogen-bond donors (Lipinski definition) is 1. The maximum Gasteiger partial charge on any atom is 0.256 e. The number of methoxy groups -OCH3 is 1. The van der Waals surface area contributed by atoms with Gasteiger partial charge in [-0.25, -0.2) is 4.98 Å². The van der Waals surface area contributed by atoms with Crippen LogP contribution in [0.5, 0.6) is 5.88 Å². The zero-order valence-corrected chi connectivity index (χ0v) is 10.2. The molecule has 0 unspecified atom stereocenters. The van der Waals surface area contributed by atoms with Crippen molar-refractivity contribution in [2.24, 2.45) is 0 Å². The lowest BCUT2D eigenvalue weighted by Crippen LogP contribution is -2.25. The highest BCUT2D eigenvalue weighted by atomic mass is 16.5. The molecule has 0 fully saturated rings. The van der Waals surface area contributed by atoms with Crippen LogP contribution in [0, 0.1) is 0 Å². The highest BCUT2D eigenvalue weighted by Gasteiger charge is 2.11. The zero-order chi connectivity index (χ0) is 12.5. The maximum atomic E-state index is 11.8. The van der Waals surface area contributed by atoms with Gasteiger partial charge in [-0.3, -0.25) is 4.79 Å². The van der Waals surface area contributed by atoms with Gasteiger partial charge in [0.25, 0.3) is 5.91 Å². The largest absolute Gasteiger partial charge is 0.480 e. The summed E-state index contributed by atoms with van der Waals surface area (Å²) in [6, 6.07) is 3.39. The Kier molecular flexibility index (Phi) is 6.03. The third kappa shape index (κ3) is 4.40. The highest BCUT2D eigenvalue weighted by Crippen LogP contribution is 2.12. The number of amides is 1. The first kappa shape index (κ1) is 13.4. The molecule has 94 valence electrons. The summed E-state index contributed by atoms with van der Waals surface area (Å²) in [4.78, 5) is 15.8. The molecule has 1 N–H and O–H groups in total. The van der Waals surface area contributed by atoms with E-state index in [1.807, 2.05) is 6.92 Å². The second-order valence-corrected chi connectivity index (χ2v) is 3.37. The van der Waals surface area contributed by atoms with E-state index in [-0.39, 0.29) is 5.91 Å². The number of aromatic nitrogens is 1. The van der Waals surface area contributed by atoms with E-state index in [1.165, 1.54) is 7.11 Å². The number of ether oxygens (including phenoxy) is 2. The summed E-state index contributed by atoms with van der Waals surface area (Å²) in [5.41, 5.74) is 0.450. The van der Waals surface area contributed by atoms with Gasteiger partial charge in [0.15, 0.2) is 0 Å². The van der Waals surface area contributed by atoms with Crippen LogP contribution in [-0.4, -0.2) is 37.8 Å². The predicted octanol–water partition coefficient (Wildman–Crippen LogP) is 1.25. The second kappa shape index (κ2) is 7.62. The summed E-state index contributed by atoms with van der Waals surface area (Å²) in [7, 11) is 1.49. The number of nitrogens with zero attached hydrogens (tertiary/aromatic N) is 1. The Morgan fingerprint density at radius 1 is 1.53 bits per heavy atom. The average Bonchev–Trinajstić information content (AvgIpc) is 2.38. The molecule has 0 atom stereocenters. The lowest BCUT2D eigenvalue weighted by Gasteiger charge is -2.07. The summed E-state index contributed by atoms with van der Waals surface area (Å²) < 4.78 is 10.2. The molecule has 0 aromatic carbocycles. The number of rotatable bonds is 7. The molecule has 1 heterocycles. The predicted molar refractivity (Wildman–Crippen MR) is 64.2 cm³/mol. The Bertz CT molecular complexity index is 355. The third-order valence-electron chi connectivity index (χ3n) is 2.16. The number of carbonyl (C=O) groups excluding carboxylic acids is 1. The van der Waals surface area contributed by atoms with Crippen LogP contribution in [0.25, 0.3) is 0 Å². The summed E-state index contributed by atoms with van der Waals surface area (Å²) in [6.07, 6.45) is 2.38. The van der Waals surface area contributed by atoms with E-state index in [0.29, 0.717) is 31.2 Å². The van der Waals surface area contributed by atoms with Gasteiger partial charge < -0.3 is 14.8 Å². The monoisotopic (exact) mass is 238 g/mol. The second-order valence-electron chi connectivity index (χ2n) is 3.37. The van der Waals surface area contributed by atoms with Crippen molar-refractivity contribution in [3.8, 4) is 5.88 Å². The SMILES string of the molecule is CCOCCCNC(=O)c1cccnc1OC. The van der Waals surface area contributed by atoms with Crippen LogP contribution in [0.2, 0.25) is 0 Å². The third-order valence-corrected chi connectivity index (χ3v) is 2.16. The van der Waals surface area contributed by atoms with Gasteiger partial charge in [0.05, 0.1) is 7.11 Å². The number of nitrogens with one attached hydrogen (secondary N) is 1. The molecule has 5 heteroatoms. The molecular weight excluding hydrogens is 220 g/mol. The van der Waals surface area contributed by atoms with Crippen LogP contribution in [0.15, 0.2) is 18.3 Å². The van der Waals surface area contributed by atoms with E-state index in [9.17, 15) is 4.79 Å². The molecule has 1 rings (SSSR count). The van der Waals surface area contributed by atoms with Gasteiger partial charge in [-0.2, -0.15) is 0 Å². The zero-order valence-electron chi connectivity index (χ0n) is 10.2. The van der Waals surface area contributed by atoms with Gasteiger partial charge in [0, 0.05) is 26.0 Å². The fourth-order valence-electron chi connectivity index (χ4n) is 1.34. The van der Waals surface area contributed by atoms with Crippen molar-refractivity contribution in [3.05, 3.63) is 23.9 Å². The molecule has 0 radical (unpaired) electrons. The number of pyridine rings is 1. The van der Waals surface area contributed by atoms with Crippen molar-refractivity contribution >= 4 is 5.91 Å². The van der Waals surface area contributed by atoms with E-state index in [0.717, 1.165) is 6.42 Å². The molecule has 0 bridgehead atoms. The van der Waals surface area contributed by atoms with Gasteiger partial charge in [-0.05, 0) is 25.5 Å². The van der Waals surface area contributed by atoms with Gasteiger partial charge in [0.1, 0.15) is 5.56 Å². The quantitative estimate of drug-likeness (QED) is 0.726. The van der Waals surface area contributed by atoms with Gasteiger partial charge in [-0.15, -0.1) is 0 Å². The minimum absolute atomic E-state index is 0.175. The molecule has 0 saturated carbocycles. The van der Waals surface area contributed by atoms with Crippen molar-refractivity contribution in [2.75, 3.05) is 26.9 Å². The van der Waals surface area contributed by atoms with E-state index >= 15 is 0 Å². The maximum absolute atomic E-state index is 11.8. The average molecular weight is 238 g/mol. The van der Waals surface area contributed by atoms with Crippen molar-refractivity contribution < 1.29 is 14.3 Å². The van der Waals surface area contributed by atoms with E-state index in [1.54, 1.807) is 18.3 Å². The minimum atomic E-state index is -0.175. The topological polar surface area (TPSA) is 60.5 Å². The first-order valence-electron chi connectivity index (χ1n) is 5.64. The van der Waals surface area contributed by atoms with Crippen molar-refractivity contribution in [3.63, 3.8) is 0 Å². The van der Waals surface area contributed by atoms with Gasteiger partial charge in [-0.1, -0.05) is 0 Å². The van der Waals surface area contributed by atoms with Crippen molar-refractivity contribution in [1.82, 2.24) is 10.3 Å². The van der Waals surface area contributed by atoms with Crippen molar-refractivity contribution in [2.45, 2.75) is 13.3 Å². The van der Waals surface area contributed by atoms with Crippen molar-refractivity contribution in [1.29, 1.82) is 0 Å². The highest BCUT2D eigenvalue weighted by molar-refractivity contribution is 5.96. The molecular formula is C12H18N2O3. The Labute approximate surface area is 101 Å². The van der Waals surface area contributed by atoms with Crippen LogP contribution in [0.1, 0.15) is 23.7 Å². The Morgan fingerprint density at radius 3 is 3.06 bits per heavy atom. The van der Waals surface area contributed by atoms with Crippen LogP contribution in [-0.2, 0) is 4.74 Å². The molecule has 0 aliphatic carbocycles. The van der Waals surface area contributed by atoms with Gasteiger partial charge >= 0.3 is 0 Å². The fourth-order valence-corrected chi connectivity index (χ4v) is 1.34. The smallest absolute Gasteiger partial charge is 0.256 e. The molecule has 1 aromatic heterocycles. The molecule has 1 amide bonds. The van der Waals surface area contributed by atoms with Crippen LogP contribution in [0.3, 0.4) is 0 Å². The number of carbonyl (C=O) groups is 1. The van der Waals surface area contributed by atoms with Crippen LogP contribution in [0.4, 0.5) is 0 Å². The fraction of sp³-hybridized carbons (Fsp3) is 0.500. The molecule has 17 heavy (non-hydrogen) atoms. The van der Waals surface area contributed by atoms with E-state index in [2.05, 4.69) is 10.3 Å². The summed E-state index contributed by atoms with van der Waals surface area (Å²) in [5, 5.41) is 2.79. The normalized spacial score (nSPS) is 10.0. The first-order valence-corrected chi connectivity index (χ1v) is 5.64. The van der Waals surface area contributed by atoms with Gasteiger partial charge in [0.2, 0.25) is 5.88 Å². The van der Waals surface area contributed by atoms with E-state index in [4.69, 9.17) is 9.47 Å². The molecule has 0 spiro atoms. The molecule has 0 aliphatic rings. The summed E-state index contributed by atoms with van der Waals surface area (Å²) in [5.74, 6) is 0.168. The molecule has 5 nitrogen and oxygen atoms in total. The van der Waals surface area contributed by atoms with Crippen LogP contribution >= 0.6 is 0 Å². The van der Waals surface area contributed by atoms with Crippen LogP contribution < -0.4 is 10.1 Å².